The van der Waals surface area contributed by atoms with Gasteiger partial charge in [0.25, 0.3) is 5.91 Å². The van der Waals surface area contributed by atoms with Crippen LogP contribution >= 0.6 is 11.8 Å². The van der Waals surface area contributed by atoms with E-state index in [9.17, 15) is 14.0 Å². The zero-order valence-corrected chi connectivity index (χ0v) is 24.1. The first-order valence-corrected chi connectivity index (χ1v) is 14.6. The molecule has 1 aromatic heterocycles. The van der Waals surface area contributed by atoms with E-state index in [2.05, 4.69) is 9.80 Å². The van der Waals surface area contributed by atoms with Crippen LogP contribution in [0.4, 0.5) is 15.9 Å². The highest BCUT2D eigenvalue weighted by Crippen LogP contribution is 2.28. The molecule has 40 heavy (non-hydrogen) atoms. The van der Waals surface area contributed by atoms with Gasteiger partial charge in [-0.25, -0.2) is 14.4 Å². The van der Waals surface area contributed by atoms with Crippen molar-refractivity contribution in [2.45, 2.75) is 31.7 Å². The van der Waals surface area contributed by atoms with Gasteiger partial charge >= 0.3 is 0 Å². The Labute approximate surface area is 239 Å². The summed E-state index contributed by atoms with van der Waals surface area (Å²) in [7, 11) is 0. The smallest absolute Gasteiger partial charge is 0.253 e. The molecule has 8 nitrogen and oxygen atoms in total. The molecule has 0 unspecified atom stereocenters. The molecule has 5 rings (SSSR count). The molecule has 2 amide bonds. The zero-order valence-electron chi connectivity index (χ0n) is 23.3. The quantitative estimate of drug-likeness (QED) is 0.330. The van der Waals surface area contributed by atoms with E-state index in [0.717, 1.165) is 48.8 Å². The number of nitrogens with zero attached hydrogens (tertiary/aromatic N) is 6. The lowest BCUT2D eigenvalue weighted by atomic mass is 10.1. The molecule has 2 aliphatic rings. The van der Waals surface area contributed by atoms with E-state index in [1.165, 1.54) is 6.07 Å². The van der Waals surface area contributed by atoms with Crippen molar-refractivity contribution in [2.24, 2.45) is 0 Å². The summed E-state index contributed by atoms with van der Waals surface area (Å²) in [5.41, 5.74) is 4.33. The molecule has 0 bridgehead atoms. The molecule has 3 aromatic rings. The number of piperazine rings is 2. The lowest BCUT2D eigenvalue weighted by Crippen LogP contribution is -2.50. The number of halogens is 1. The van der Waals surface area contributed by atoms with Crippen molar-refractivity contribution in [1.82, 2.24) is 19.8 Å². The third kappa shape index (κ3) is 6.22. The molecule has 2 saturated heterocycles. The number of thioether (sulfide) groups is 1. The summed E-state index contributed by atoms with van der Waals surface area (Å²) in [4.78, 5) is 42.3. The average Bonchev–Trinajstić information content (AvgIpc) is 2.98. The van der Waals surface area contributed by atoms with Crippen molar-refractivity contribution in [3.8, 4) is 0 Å². The first-order chi connectivity index (χ1) is 19.3. The number of rotatable bonds is 6. The number of carbonyl (C=O) groups excluding carboxylic acids is 2. The summed E-state index contributed by atoms with van der Waals surface area (Å²) in [6, 6.07) is 14.6. The van der Waals surface area contributed by atoms with E-state index >= 15 is 0 Å². The van der Waals surface area contributed by atoms with Crippen LogP contribution in [0.2, 0.25) is 0 Å². The highest BCUT2D eigenvalue weighted by Gasteiger charge is 2.24. The molecule has 2 aromatic carbocycles. The SMILES string of the molecule is CC(=O)N1CCN(C(=O)c2cccc(CSc3nc(C)c(C)c(N4CCN(c5ccccc5F)CC4)n3)c2)CC1. The maximum Gasteiger partial charge on any atom is 0.253 e. The van der Waals surface area contributed by atoms with Gasteiger partial charge in [0.2, 0.25) is 5.91 Å². The van der Waals surface area contributed by atoms with Crippen LogP contribution in [0.1, 0.15) is 34.1 Å². The maximum absolute atomic E-state index is 14.3. The Morgan fingerprint density at radius 1 is 0.850 bits per heavy atom. The zero-order chi connectivity index (χ0) is 28.2. The van der Waals surface area contributed by atoms with Gasteiger partial charge in [-0.15, -0.1) is 0 Å². The second-order valence-corrected chi connectivity index (χ2v) is 11.2. The Hall–Kier alpha value is -3.66. The number of hydrogen-bond donors (Lipinski definition) is 0. The van der Waals surface area contributed by atoms with Gasteiger partial charge < -0.3 is 19.6 Å². The van der Waals surface area contributed by atoms with Crippen molar-refractivity contribution in [2.75, 3.05) is 62.2 Å². The monoisotopic (exact) mass is 562 g/mol. The first kappa shape index (κ1) is 27.9. The summed E-state index contributed by atoms with van der Waals surface area (Å²) in [6.45, 7) is 10.8. The summed E-state index contributed by atoms with van der Waals surface area (Å²) in [6.07, 6.45) is 0. The molecule has 2 aliphatic heterocycles. The van der Waals surface area contributed by atoms with Gasteiger partial charge in [-0.3, -0.25) is 9.59 Å². The second-order valence-electron chi connectivity index (χ2n) is 10.3. The van der Waals surface area contributed by atoms with E-state index in [0.29, 0.717) is 48.3 Å². The lowest BCUT2D eigenvalue weighted by Gasteiger charge is -2.37. The van der Waals surface area contributed by atoms with Crippen molar-refractivity contribution in [1.29, 1.82) is 0 Å². The Bertz CT molecular complexity index is 1390. The van der Waals surface area contributed by atoms with Crippen LogP contribution in [-0.2, 0) is 10.5 Å². The topological polar surface area (TPSA) is 72.9 Å². The second kappa shape index (κ2) is 12.2. The summed E-state index contributed by atoms with van der Waals surface area (Å²) in [5, 5.41) is 0.701. The number of para-hydroxylation sites is 1. The number of amides is 2. The Morgan fingerprint density at radius 3 is 2.23 bits per heavy atom. The largest absolute Gasteiger partial charge is 0.366 e. The average molecular weight is 563 g/mol. The molecule has 0 spiro atoms. The normalized spacial score (nSPS) is 15.9. The molecule has 0 aliphatic carbocycles. The Kier molecular flexibility index (Phi) is 8.54. The number of benzene rings is 2. The Morgan fingerprint density at radius 2 is 1.52 bits per heavy atom. The lowest BCUT2D eigenvalue weighted by molar-refractivity contribution is -0.130. The fourth-order valence-corrected chi connectivity index (χ4v) is 6.01. The summed E-state index contributed by atoms with van der Waals surface area (Å²) >= 11 is 1.56. The van der Waals surface area contributed by atoms with Crippen LogP contribution < -0.4 is 9.80 Å². The highest BCUT2D eigenvalue weighted by molar-refractivity contribution is 7.98. The van der Waals surface area contributed by atoms with Crippen LogP contribution in [0, 0.1) is 19.7 Å². The van der Waals surface area contributed by atoms with Crippen molar-refractivity contribution < 1.29 is 14.0 Å². The van der Waals surface area contributed by atoms with Crippen LogP contribution in [0.15, 0.2) is 53.7 Å². The van der Waals surface area contributed by atoms with Gasteiger partial charge in [0, 0.05) is 81.9 Å². The molecule has 0 saturated carbocycles. The predicted molar refractivity (Wildman–Crippen MR) is 156 cm³/mol. The van der Waals surface area contributed by atoms with E-state index in [4.69, 9.17) is 9.97 Å². The van der Waals surface area contributed by atoms with E-state index in [1.807, 2.05) is 55.1 Å². The van der Waals surface area contributed by atoms with Crippen molar-refractivity contribution >= 4 is 35.1 Å². The number of anilines is 2. The minimum Gasteiger partial charge on any atom is -0.366 e. The highest BCUT2D eigenvalue weighted by atomic mass is 32.2. The molecule has 0 radical (unpaired) electrons. The number of carbonyl (C=O) groups is 2. The maximum atomic E-state index is 14.3. The van der Waals surface area contributed by atoms with Crippen LogP contribution in [-0.4, -0.2) is 83.9 Å². The van der Waals surface area contributed by atoms with Gasteiger partial charge in [-0.1, -0.05) is 36.0 Å². The predicted octanol–water partition coefficient (Wildman–Crippen LogP) is 4.16. The minimum absolute atomic E-state index is 0.00528. The molecule has 3 heterocycles. The third-order valence-corrected chi connectivity index (χ3v) is 8.59. The summed E-state index contributed by atoms with van der Waals surface area (Å²) in [5.74, 6) is 1.42. The fourth-order valence-electron chi connectivity index (χ4n) is 5.18. The van der Waals surface area contributed by atoms with Gasteiger partial charge in [0.1, 0.15) is 11.6 Å². The molecule has 0 atom stereocenters. The molecular weight excluding hydrogens is 527 g/mol. The van der Waals surface area contributed by atoms with Gasteiger partial charge in [0.05, 0.1) is 5.69 Å². The molecule has 10 heteroatoms. The van der Waals surface area contributed by atoms with Crippen molar-refractivity contribution in [3.05, 3.63) is 76.7 Å². The minimum atomic E-state index is -0.190. The third-order valence-electron chi connectivity index (χ3n) is 7.67. The van der Waals surface area contributed by atoms with Crippen LogP contribution in [0.5, 0.6) is 0 Å². The molecule has 2 fully saturated rings. The van der Waals surface area contributed by atoms with E-state index in [-0.39, 0.29) is 17.6 Å². The number of aromatic nitrogens is 2. The van der Waals surface area contributed by atoms with Gasteiger partial charge in [-0.2, -0.15) is 0 Å². The van der Waals surface area contributed by atoms with E-state index < -0.39 is 0 Å². The van der Waals surface area contributed by atoms with Crippen LogP contribution in [0.25, 0.3) is 0 Å². The van der Waals surface area contributed by atoms with Crippen LogP contribution in [0.3, 0.4) is 0 Å². The summed E-state index contributed by atoms with van der Waals surface area (Å²) < 4.78 is 14.3. The van der Waals surface area contributed by atoms with Gasteiger partial charge in [-0.05, 0) is 43.7 Å². The Balaban J connectivity index is 1.22. The molecule has 0 N–H and O–H groups in total. The standard InChI is InChI=1S/C30H35FN6O2S/c1-21-22(2)32-30(33-28(21)36-15-13-35(14-16-36)27-10-5-4-9-26(27)31)40-20-24-7-6-8-25(19-24)29(39)37-17-11-34(12-18-37)23(3)38/h4-10,19H,11-18,20H2,1-3H3. The fraction of sp³-hybridized carbons (Fsp3) is 0.400. The first-order valence-electron chi connectivity index (χ1n) is 13.7. The van der Waals surface area contributed by atoms with Gasteiger partial charge in [0.15, 0.2) is 5.16 Å². The number of hydrogen-bond acceptors (Lipinski definition) is 7. The molecular formula is C30H35FN6O2S. The van der Waals surface area contributed by atoms with Crippen molar-refractivity contribution in [3.63, 3.8) is 0 Å². The number of aryl methyl sites for hydroxylation is 1. The van der Waals surface area contributed by atoms with E-state index in [1.54, 1.807) is 29.7 Å². The molecule has 210 valence electrons.